The molecular formula is C16H15F5O3. The molecule has 1 aliphatic carbocycles. The molecule has 0 aromatic heterocycles. The molecule has 132 valence electrons. The van der Waals surface area contributed by atoms with Gasteiger partial charge in [-0.2, -0.15) is 0 Å². The quantitative estimate of drug-likeness (QED) is 0.502. The van der Waals surface area contributed by atoms with Crippen LogP contribution in [-0.4, -0.2) is 11.1 Å². The normalized spacial score (nSPS) is 22.0. The fourth-order valence-corrected chi connectivity index (χ4v) is 2.79. The zero-order valence-corrected chi connectivity index (χ0v) is 12.9. The first-order valence-corrected chi connectivity index (χ1v) is 7.06. The van der Waals surface area contributed by atoms with Crippen LogP contribution in [0.15, 0.2) is 12.4 Å². The maximum absolute atomic E-state index is 13.8. The van der Waals surface area contributed by atoms with Crippen molar-refractivity contribution in [3.63, 3.8) is 0 Å². The number of hydrogen-bond acceptors (Lipinski definition) is 3. The van der Waals surface area contributed by atoms with Crippen LogP contribution in [0.4, 0.5) is 22.0 Å². The third-order valence-corrected chi connectivity index (χ3v) is 4.41. The Morgan fingerprint density at radius 1 is 1.12 bits per heavy atom. The van der Waals surface area contributed by atoms with Gasteiger partial charge in [-0.1, -0.05) is 19.9 Å². The lowest BCUT2D eigenvalue weighted by Crippen LogP contribution is -2.14. The topological polar surface area (TPSA) is 46.5 Å². The van der Waals surface area contributed by atoms with Crippen LogP contribution in [0.3, 0.4) is 0 Å². The monoisotopic (exact) mass is 350 g/mol. The Hall–Kier alpha value is -1.96. The molecule has 3 nitrogen and oxygen atoms in total. The highest BCUT2D eigenvalue weighted by atomic mass is 19.2. The highest BCUT2D eigenvalue weighted by Crippen LogP contribution is 2.59. The summed E-state index contributed by atoms with van der Waals surface area (Å²) in [6.07, 6.45) is 1.46. The van der Waals surface area contributed by atoms with Crippen molar-refractivity contribution in [2.45, 2.75) is 27.1 Å². The number of esters is 1. The van der Waals surface area contributed by atoms with Gasteiger partial charge >= 0.3 is 5.97 Å². The number of hydrogen-bond donors (Lipinski definition) is 1. The molecule has 24 heavy (non-hydrogen) atoms. The molecule has 0 spiro atoms. The highest BCUT2D eigenvalue weighted by molar-refractivity contribution is 5.78. The Bertz CT molecular complexity index is 670. The number of rotatable bonds is 5. The molecule has 2 rings (SSSR count). The van der Waals surface area contributed by atoms with Gasteiger partial charge in [0.05, 0.1) is 30.0 Å². The molecule has 0 unspecified atom stereocenters. The van der Waals surface area contributed by atoms with Gasteiger partial charge in [0.2, 0.25) is 0 Å². The Kier molecular flexibility index (Phi) is 4.98. The van der Waals surface area contributed by atoms with Crippen molar-refractivity contribution < 1.29 is 36.6 Å². The van der Waals surface area contributed by atoms with Gasteiger partial charge in [0, 0.05) is 0 Å². The number of aliphatic hydroxyl groups is 1. The number of allylic oxidation sites excluding steroid dienone is 1. The summed E-state index contributed by atoms with van der Waals surface area (Å²) in [6, 6.07) is 0. The van der Waals surface area contributed by atoms with E-state index in [2.05, 4.69) is 0 Å². The van der Waals surface area contributed by atoms with E-state index in [9.17, 15) is 26.7 Å². The molecule has 0 aliphatic heterocycles. The highest BCUT2D eigenvalue weighted by Gasteiger charge is 2.61. The molecule has 1 aromatic carbocycles. The van der Waals surface area contributed by atoms with Crippen LogP contribution >= 0.6 is 0 Å². The second-order valence-electron chi connectivity index (χ2n) is 6.12. The number of carbonyl (C=O) groups is 1. The molecule has 0 saturated heterocycles. The molecule has 0 heterocycles. The van der Waals surface area contributed by atoms with Crippen molar-refractivity contribution in [1.82, 2.24) is 0 Å². The molecule has 8 heteroatoms. The summed E-state index contributed by atoms with van der Waals surface area (Å²) in [5, 5.41) is 8.74. The van der Waals surface area contributed by atoms with Crippen LogP contribution < -0.4 is 0 Å². The van der Waals surface area contributed by atoms with Crippen LogP contribution in [0.5, 0.6) is 0 Å². The van der Waals surface area contributed by atoms with Gasteiger partial charge in [0.15, 0.2) is 23.3 Å². The molecule has 0 amide bonds. The predicted octanol–water partition coefficient (Wildman–Crippen LogP) is 3.53. The minimum Gasteiger partial charge on any atom is -0.460 e. The molecule has 0 radical (unpaired) electrons. The van der Waals surface area contributed by atoms with E-state index in [1.165, 1.54) is 6.08 Å². The van der Waals surface area contributed by atoms with Crippen LogP contribution in [0.2, 0.25) is 0 Å². The van der Waals surface area contributed by atoms with Crippen molar-refractivity contribution in [3.05, 3.63) is 46.8 Å². The Morgan fingerprint density at radius 2 is 1.62 bits per heavy atom. The molecule has 1 aliphatic rings. The average molecular weight is 350 g/mol. The Balaban J connectivity index is 2.18. The second-order valence-corrected chi connectivity index (χ2v) is 6.12. The summed E-state index contributed by atoms with van der Waals surface area (Å²) < 4.78 is 71.6. The molecule has 2 atom stereocenters. The van der Waals surface area contributed by atoms with E-state index in [1.807, 2.05) is 0 Å². The van der Waals surface area contributed by atoms with Gasteiger partial charge < -0.3 is 9.84 Å². The van der Waals surface area contributed by atoms with E-state index in [0.717, 1.165) is 0 Å². The largest absolute Gasteiger partial charge is 0.460 e. The van der Waals surface area contributed by atoms with Gasteiger partial charge in [0.25, 0.3) is 0 Å². The van der Waals surface area contributed by atoms with E-state index in [0.29, 0.717) is 0 Å². The van der Waals surface area contributed by atoms with Crippen LogP contribution in [0.25, 0.3) is 0 Å². The van der Waals surface area contributed by atoms with Gasteiger partial charge in [-0.05, 0) is 11.3 Å². The zero-order chi connectivity index (χ0) is 18.2. The fraction of sp³-hybridized carbons (Fsp3) is 0.438. The molecule has 1 fully saturated rings. The second kappa shape index (κ2) is 6.51. The summed E-state index contributed by atoms with van der Waals surface area (Å²) in [4.78, 5) is 11.9. The number of benzene rings is 1. The van der Waals surface area contributed by atoms with Crippen LogP contribution in [0.1, 0.15) is 25.0 Å². The van der Waals surface area contributed by atoms with E-state index in [4.69, 9.17) is 9.84 Å². The van der Waals surface area contributed by atoms with Crippen LogP contribution in [0, 0.1) is 40.5 Å². The maximum Gasteiger partial charge on any atom is 0.310 e. The van der Waals surface area contributed by atoms with Crippen molar-refractivity contribution in [1.29, 1.82) is 0 Å². The number of halogens is 5. The Labute approximate surface area is 134 Å². The summed E-state index contributed by atoms with van der Waals surface area (Å²) >= 11 is 0. The summed E-state index contributed by atoms with van der Waals surface area (Å²) in [5.74, 6) is -8.96. The first-order chi connectivity index (χ1) is 11.2. The van der Waals surface area contributed by atoms with Crippen LogP contribution in [-0.2, 0) is 22.7 Å². The predicted molar refractivity (Wildman–Crippen MR) is 73.0 cm³/mol. The molecule has 1 aromatic rings. The minimum absolute atomic E-state index is 0.289. The molecule has 0 bridgehead atoms. The molecule has 1 N–H and O–H groups in total. The average Bonchev–Trinajstić information content (AvgIpc) is 3.07. The summed E-state index contributed by atoms with van der Waals surface area (Å²) in [6.45, 7) is 1.12. The van der Waals surface area contributed by atoms with Gasteiger partial charge in [-0.3, -0.25) is 4.79 Å². The minimum atomic E-state index is -1.74. The maximum atomic E-state index is 13.8. The lowest BCUT2D eigenvalue weighted by atomic mass is 10.1. The van der Waals surface area contributed by atoms with Crippen molar-refractivity contribution in [3.8, 4) is 0 Å². The lowest BCUT2D eigenvalue weighted by molar-refractivity contribution is -0.147. The first-order valence-electron chi connectivity index (χ1n) is 7.06. The van der Waals surface area contributed by atoms with Gasteiger partial charge in [-0.15, -0.1) is 0 Å². The third-order valence-electron chi connectivity index (χ3n) is 4.41. The summed E-state index contributed by atoms with van der Waals surface area (Å²) in [5.41, 5.74) is -2.82. The smallest absolute Gasteiger partial charge is 0.310 e. The number of carbonyl (C=O) groups excluding carboxylic acids is 1. The van der Waals surface area contributed by atoms with E-state index in [1.54, 1.807) is 13.8 Å². The van der Waals surface area contributed by atoms with E-state index in [-0.39, 0.29) is 6.33 Å². The van der Waals surface area contributed by atoms with Crippen molar-refractivity contribution in [2.24, 2.45) is 17.3 Å². The lowest BCUT2D eigenvalue weighted by Gasteiger charge is -2.11. The van der Waals surface area contributed by atoms with Gasteiger partial charge in [-0.25, -0.2) is 22.0 Å². The SMILES string of the molecule is CC1(C)[C@H](C(=O)OCc2c(F)c(F)c(CO)c(F)c2F)[C@@H]1/C=C/F. The van der Waals surface area contributed by atoms with Crippen molar-refractivity contribution >= 4 is 5.97 Å². The third kappa shape index (κ3) is 2.90. The standard InChI is InChI=1S/C16H15F5O3/c1-16(2)9(3-4-17)10(16)15(23)24-6-8-13(20)11(18)7(5-22)12(19)14(8)21/h3-4,9-10,22H,5-6H2,1-2H3/b4-3+/t9-,10-/m0/s1. The first kappa shape index (κ1) is 18.4. The number of ether oxygens (including phenoxy) is 1. The zero-order valence-electron chi connectivity index (χ0n) is 12.9. The number of aliphatic hydroxyl groups excluding tert-OH is 1. The van der Waals surface area contributed by atoms with E-state index >= 15 is 0 Å². The van der Waals surface area contributed by atoms with Crippen molar-refractivity contribution in [2.75, 3.05) is 0 Å². The summed E-state index contributed by atoms with van der Waals surface area (Å²) in [7, 11) is 0. The fourth-order valence-electron chi connectivity index (χ4n) is 2.79. The van der Waals surface area contributed by atoms with E-state index < -0.39 is 70.8 Å². The molecule has 1 saturated carbocycles. The molecular weight excluding hydrogens is 335 g/mol. The van der Waals surface area contributed by atoms with Gasteiger partial charge in [0.1, 0.15) is 6.61 Å². The Morgan fingerprint density at radius 3 is 2.08 bits per heavy atom.